The van der Waals surface area contributed by atoms with Crippen LogP contribution in [0.25, 0.3) is 0 Å². The minimum absolute atomic E-state index is 0.259. The zero-order chi connectivity index (χ0) is 24.2. The summed E-state index contributed by atoms with van der Waals surface area (Å²) < 4.78 is 16.1. The molecule has 10 heteroatoms. The third-order valence-corrected chi connectivity index (χ3v) is 4.88. The van der Waals surface area contributed by atoms with Gasteiger partial charge in [0, 0.05) is 5.69 Å². The Morgan fingerprint density at radius 3 is 2.58 bits per heavy atom. The first kappa shape index (κ1) is 25.9. The monoisotopic (exact) mass is 519 g/mol. The van der Waals surface area contributed by atoms with Crippen molar-refractivity contribution in [3.05, 3.63) is 52.0 Å². The number of anilines is 1. The fourth-order valence-corrected chi connectivity index (χ4v) is 3.37. The average molecular weight is 520 g/mol. The van der Waals surface area contributed by atoms with Crippen LogP contribution < -0.4 is 20.2 Å². The third-order valence-electron chi connectivity index (χ3n) is 4.29. The van der Waals surface area contributed by atoms with Crippen LogP contribution >= 0.6 is 15.9 Å². The molecule has 0 aromatic heterocycles. The quantitative estimate of drug-likeness (QED) is 0.203. The van der Waals surface area contributed by atoms with Crippen LogP contribution in [-0.4, -0.2) is 44.3 Å². The highest BCUT2D eigenvalue weighted by molar-refractivity contribution is 9.10. The van der Waals surface area contributed by atoms with Crippen LogP contribution in [0.5, 0.6) is 11.5 Å². The summed E-state index contributed by atoms with van der Waals surface area (Å²) in [6.45, 7) is 3.68. The summed E-state index contributed by atoms with van der Waals surface area (Å²) in [6, 6.07) is 10.7. The lowest BCUT2D eigenvalue weighted by molar-refractivity contribution is -0.145. The van der Waals surface area contributed by atoms with E-state index in [0.29, 0.717) is 27.2 Å². The predicted octanol–water partition coefficient (Wildman–Crippen LogP) is 3.44. The Morgan fingerprint density at radius 2 is 1.88 bits per heavy atom. The van der Waals surface area contributed by atoms with Gasteiger partial charge in [0.25, 0.3) is 0 Å². The molecule has 0 fully saturated rings. The molecule has 2 aromatic rings. The smallest absolute Gasteiger partial charge is 0.344 e. The zero-order valence-electron chi connectivity index (χ0n) is 18.6. The van der Waals surface area contributed by atoms with Gasteiger partial charge in [-0.05, 0) is 58.6 Å². The molecule has 33 heavy (non-hydrogen) atoms. The van der Waals surface area contributed by atoms with Gasteiger partial charge in [0.1, 0.15) is 6.42 Å². The molecular weight excluding hydrogens is 494 g/mol. The van der Waals surface area contributed by atoms with Gasteiger partial charge in [-0.25, -0.2) is 10.2 Å². The van der Waals surface area contributed by atoms with Gasteiger partial charge in [-0.2, -0.15) is 5.10 Å². The van der Waals surface area contributed by atoms with Crippen LogP contribution in [0.2, 0.25) is 0 Å². The highest BCUT2D eigenvalue weighted by atomic mass is 79.9. The topological polar surface area (TPSA) is 115 Å². The number of hydrogen-bond acceptors (Lipinski definition) is 7. The molecule has 0 aliphatic heterocycles. The second-order valence-corrected chi connectivity index (χ2v) is 7.51. The van der Waals surface area contributed by atoms with Gasteiger partial charge in [0.2, 0.25) is 11.8 Å². The van der Waals surface area contributed by atoms with Gasteiger partial charge in [-0.15, -0.1) is 0 Å². The number of methoxy groups -OCH3 is 1. The van der Waals surface area contributed by atoms with Crippen molar-refractivity contribution in [3.63, 3.8) is 0 Å². The summed E-state index contributed by atoms with van der Waals surface area (Å²) in [5.74, 6) is -0.803. The van der Waals surface area contributed by atoms with Gasteiger partial charge in [-0.1, -0.05) is 25.1 Å². The molecule has 0 spiro atoms. The van der Waals surface area contributed by atoms with E-state index < -0.39 is 17.8 Å². The fraction of sp³-hybridized carbons (Fsp3) is 0.304. The average Bonchev–Trinajstić information content (AvgIpc) is 2.78. The minimum Gasteiger partial charge on any atom is -0.493 e. The minimum atomic E-state index is -0.557. The van der Waals surface area contributed by atoms with Crippen molar-refractivity contribution >= 4 is 45.6 Å². The number of esters is 1. The summed E-state index contributed by atoms with van der Waals surface area (Å²) in [7, 11) is 1.46. The first-order chi connectivity index (χ1) is 15.9. The maximum Gasteiger partial charge on any atom is 0.344 e. The van der Waals surface area contributed by atoms with E-state index in [1.54, 1.807) is 25.1 Å². The van der Waals surface area contributed by atoms with Gasteiger partial charge < -0.3 is 19.5 Å². The van der Waals surface area contributed by atoms with Gasteiger partial charge in [0.15, 0.2) is 18.1 Å². The number of aryl methyl sites for hydroxylation is 1. The molecule has 0 atom stereocenters. The van der Waals surface area contributed by atoms with E-state index >= 15 is 0 Å². The number of carbonyl (C=O) groups excluding carboxylic acids is 3. The van der Waals surface area contributed by atoms with Gasteiger partial charge in [-0.3, -0.25) is 9.59 Å². The lowest BCUT2D eigenvalue weighted by Gasteiger charge is -2.13. The van der Waals surface area contributed by atoms with Gasteiger partial charge >= 0.3 is 5.97 Å². The predicted molar refractivity (Wildman–Crippen MR) is 128 cm³/mol. The molecule has 2 rings (SSSR count). The number of hydrogen-bond donors (Lipinski definition) is 2. The largest absolute Gasteiger partial charge is 0.493 e. The molecule has 2 amide bonds. The van der Waals surface area contributed by atoms with E-state index in [-0.39, 0.29) is 19.6 Å². The van der Waals surface area contributed by atoms with Crippen LogP contribution in [0.3, 0.4) is 0 Å². The number of nitrogens with zero attached hydrogens (tertiary/aromatic N) is 1. The number of amides is 2. The molecule has 0 unspecified atom stereocenters. The maximum atomic E-state index is 12.1. The Kier molecular flexibility index (Phi) is 10.4. The number of benzene rings is 2. The lowest BCUT2D eigenvalue weighted by atomic mass is 10.1. The number of hydrazone groups is 1. The number of para-hydroxylation sites is 1. The van der Waals surface area contributed by atoms with Crippen molar-refractivity contribution in [3.8, 4) is 11.5 Å². The second kappa shape index (κ2) is 13.2. The van der Waals surface area contributed by atoms with Crippen LogP contribution in [0.4, 0.5) is 5.69 Å². The molecule has 0 radical (unpaired) electrons. The SMILES string of the molecule is CCOC(=O)COc1c(Br)cc(C=NNC(=O)CC(=O)Nc2ccccc2CC)cc1OC. The van der Waals surface area contributed by atoms with E-state index in [4.69, 9.17) is 14.2 Å². The van der Waals surface area contributed by atoms with Crippen molar-refractivity contribution in [2.45, 2.75) is 26.7 Å². The molecule has 0 saturated heterocycles. The van der Waals surface area contributed by atoms with E-state index in [1.165, 1.54) is 13.3 Å². The number of carbonyl (C=O) groups is 3. The maximum absolute atomic E-state index is 12.1. The zero-order valence-corrected chi connectivity index (χ0v) is 20.2. The number of halogens is 1. The summed E-state index contributed by atoms with van der Waals surface area (Å²) in [4.78, 5) is 35.7. The Morgan fingerprint density at radius 1 is 1.12 bits per heavy atom. The summed E-state index contributed by atoms with van der Waals surface area (Å²) in [5.41, 5.74) is 4.58. The Bertz CT molecular complexity index is 1030. The molecule has 0 heterocycles. The number of ether oxygens (including phenoxy) is 3. The van der Waals surface area contributed by atoms with E-state index in [0.717, 1.165) is 12.0 Å². The molecule has 2 aromatic carbocycles. The third kappa shape index (κ3) is 8.23. The van der Waals surface area contributed by atoms with E-state index in [9.17, 15) is 14.4 Å². The fourth-order valence-electron chi connectivity index (χ4n) is 2.80. The Balaban J connectivity index is 1.94. The molecule has 0 aliphatic carbocycles. The normalized spacial score (nSPS) is 10.5. The highest BCUT2D eigenvalue weighted by Crippen LogP contribution is 2.36. The molecule has 0 bridgehead atoms. The van der Waals surface area contributed by atoms with Crippen LogP contribution in [0.1, 0.15) is 31.4 Å². The molecular formula is C23H26BrN3O6. The molecule has 9 nitrogen and oxygen atoms in total. The first-order valence-corrected chi connectivity index (χ1v) is 11.0. The van der Waals surface area contributed by atoms with Crippen molar-refractivity contribution in [1.82, 2.24) is 5.43 Å². The Hall–Kier alpha value is -3.40. The standard InChI is InChI=1S/C23H26BrN3O6/c1-4-16-8-6-7-9-18(16)26-20(28)12-21(29)27-25-13-15-10-17(24)23(19(11-15)31-3)33-14-22(30)32-5-2/h6-11,13H,4-5,12,14H2,1-3H3,(H,26,28)(H,27,29). The molecule has 0 aliphatic rings. The number of nitrogens with one attached hydrogen (secondary N) is 2. The molecule has 0 saturated carbocycles. The van der Waals surface area contributed by atoms with Crippen LogP contribution in [-0.2, 0) is 25.5 Å². The van der Waals surface area contributed by atoms with Crippen molar-refractivity contribution in [2.24, 2.45) is 5.10 Å². The van der Waals surface area contributed by atoms with Crippen LogP contribution in [0, 0.1) is 0 Å². The summed E-state index contributed by atoms with van der Waals surface area (Å²) in [5, 5.41) is 6.62. The van der Waals surface area contributed by atoms with E-state index in [2.05, 4.69) is 31.8 Å². The number of rotatable bonds is 11. The van der Waals surface area contributed by atoms with Crippen molar-refractivity contribution in [2.75, 3.05) is 25.6 Å². The van der Waals surface area contributed by atoms with E-state index in [1.807, 2.05) is 25.1 Å². The highest BCUT2D eigenvalue weighted by Gasteiger charge is 2.14. The van der Waals surface area contributed by atoms with Gasteiger partial charge in [0.05, 0.1) is 24.4 Å². The van der Waals surface area contributed by atoms with Crippen LogP contribution in [0.15, 0.2) is 46.0 Å². The Labute approximate surface area is 200 Å². The molecule has 2 N–H and O–H groups in total. The van der Waals surface area contributed by atoms with Crippen molar-refractivity contribution in [1.29, 1.82) is 0 Å². The lowest BCUT2D eigenvalue weighted by Crippen LogP contribution is -2.25. The summed E-state index contributed by atoms with van der Waals surface area (Å²) in [6.07, 6.45) is 1.78. The first-order valence-electron chi connectivity index (χ1n) is 10.2. The second-order valence-electron chi connectivity index (χ2n) is 6.66. The van der Waals surface area contributed by atoms with Crippen molar-refractivity contribution < 1.29 is 28.6 Å². The summed E-state index contributed by atoms with van der Waals surface area (Å²) >= 11 is 3.37. The molecule has 176 valence electrons.